The largest absolute Gasteiger partial charge is 0.294 e. The highest BCUT2D eigenvalue weighted by Crippen LogP contribution is 2.67. The van der Waals surface area contributed by atoms with Gasteiger partial charge in [-0.15, -0.1) is 0 Å². The lowest BCUT2D eigenvalue weighted by Gasteiger charge is -2.38. The zero-order chi connectivity index (χ0) is 15.6. The molecule has 0 aromatic carbocycles. The molecule has 1 N–H and O–H groups in total. The smallest absolute Gasteiger partial charge is 0.271 e. The first-order valence-electron chi connectivity index (χ1n) is 7.34. The zero-order valence-corrected chi connectivity index (χ0v) is 13.3. The van der Waals surface area contributed by atoms with Crippen LogP contribution in [0.5, 0.6) is 0 Å². The summed E-state index contributed by atoms with van der Waals surface area (Å²) < 4.78 is 30.3. The van der Waals surface area contributed by atoms with Gasteiger partial charge in [0, 0.05) is 0 Å². The fourth-order valence-electron chi connectivity index (χ4n) is 4.40. The molecule has 1 saturated heterocycles. The molecule has 0 aromatic rings. The Labute approximate surface area is 124 Å². The van der Waals surface area contributed by atoms with Crippen molar-refractivity contribution in [3.05, 3.63) is 0 Å². The molecule has 1 aliphatic heterocycles. The molecule has 7 heteroatoms. The molecule has 3 aliphatic rings. The predicted molar refractivity (Wildman–Crippen MR) is 74.6 cm³/mol. The molecule has 21 heavy (non-hydrogen) atoms. The van der Waals surface area contributed by atoms with Crippen molar-refractivity contribution in [3.63, 3.8) is 0 Å². The lowest BCUT2D eigenvalue weighted by molar-refractivity contribution is -0.127. The molecule has 3 fully saturated rings. The Hall–Kier alpha value is -0.950. The van der Waals surface area contributed by atoms with Crippen LogP contribution in [-0.2, 0) is 23.9 Å². The van der Waals surface area contributed by atoms with E-state index < -0.39 is 33.3 Å². The summed E-state index contributed by atoms with van der Waals surface area (Å²) in [5.41, 5.74) is -0.391. The van der Waals surface area contributed by atoms with E-state index in [-0.39, 0.29) is 17.3 Å². The second-order valence-corrected chi connectivity index (χ2v) is 9.04. The van der Waals surface area contributed by atoms with Crippen molar-refractivity contribution in [1.29, 1.82) is 0 Å². The van der Waals surface area contributed by atoms with Gasteiger partial charge in [-0.2, -0.15) is 8.42 Å². The molecule has 118 valence electrons. The van der Waals surface area contributed by atoms with Gasteiger partial charge in [0.25, 0.3) is 16.0 Å². The van der Waals surface area contributed by atoms with Gasteiger partial charge in [0.1, 0.15) is 0 Å². The number of hydrogen-bond acceptors (Lipinski definition) is 5. The molecule has 6 nitrogen and oxygen atoms in total. The van der Waals surface area contributed by atoms with Crippen molar-refractivity contribution in [3.8, 4) is 0 Å². The number of imide groups is 1. The zero-order valence-electron chi connectivity index (χ0n) is 12.5. The van der Waals surface area contributed by atoms with Crippen LogP contribution in [0.25, 0.3) is 0 Å². The normalized spacial score (nSPS) is 41.6. The number of nitrogens with one attached hydrogen (secondary N) is 1. The number of fused-ring (bicyclic) bond motifs is 2. The molecule has 1 heterocycles. The Kier molecular flexibility index (Phi) is 3.05. The van der Waals surface area contributed by atoms with Crippen molar-refractivity contribution in [2.75, 3.05) is 0 Å². The van der Waals surface area contributed by atoms with E-state index in [1.54, 1.807) is 0 Å². The lowest BCUT2D eigenvalue weighted by atomic mass is 9.71. The van der Waals surface area contributed by atoms with E-state index in [1.165, 1.54) is 0 Å². The van der Waals surface area contributed by atoms with Crippen molar-refractivity contribution >= 4 is 21.9 Å². The van der Waals surface area contributed by atoms with Crippen molar-refractivity contribution in [2.45, 2.75) is 57.8 Å². The fourth-order valence-corrected chi connectivity index (χ4v) is 6.54. The molecule has 0 spiro atoms. The molecular weight excluding hydrogens is 294 g/mol. The molecule has 2 amide bonds. The van der Waals surface area contributed by atoms with Crippen LogP contribution in [0.2, 0.25) is 0 Å². The van der Waals surface area contributed by atoms with Gasteiger partial charge >= 0.3 is 0 Å². The maximum absolute atomic E-state index is 12.6. The Bertz CT molecular complexity index is 611. The summed E-state index contributed by atoms with van der Waals surface area (Å²) >= 11 is 0. The van der Waals surface area contributed by atoms with E-state index in [0.29, 0.717) is 12.3 Å². The highest BCUT2D eigenvalue weighted by Gasteiger charge is 2.65. The predicted octanol–water partition coefficient (Wildman–Crippen LogP) is 0.963. The Morgan fingerprint density at radius 1 is 1.24 bits per heavy atom. The summed E-state index contributed by atoms with van der Waals surface area (Å²) in [4.78, 5) is 22.7. The second kappa shape index (κ2) is 4.29. The Balaban J connectivity index is 1.84. The third kappa shape index (κ3) is 1.97. The summed E-state index contributed by atoms with van der Waals surface area (Å²) in [6.07, 6.45) is 1.06. The van der Waals surface area contributed by atoms with Gasteiger partial charge in [-0.05, 0) is 36.0 Å². The van der Waals surface area contributed by atoms with Gasteiger partial charge in [0.15, 0.2) is 6.10 Å². The van der Waals surface area contributed by atoms with Crippen LogP contribution >= 0.6 is 0 Å². The van der Waals surface area contributed by atoms with Crippen LogP contribution in [0.1, 0.15) is 46.5 Å². The number of amides is 2. The minimum absolute atomic E-state index is 0.0537. The van der Waals surface area contributed by atoms with Crippen LogP contribution in [0.4, 0.5) is 0 Å². The summed E-state index contributed by atoms with van der Waals surface area (Å²) in [6, 6.07) is 0. The van der Waals surface area contributed by atoms with Crippen LogP contribution in [0.15, 0.2) is 0 Å². The molecule has 0 radical (unpaired) electrons. The molecule has 0 aromatic heterocycles. The van der Waals surface area contributed by atoms with Crippen LogP contribution in [-0.4, -0.2) is 31.6 Å². The molecule has 3 rings (SSSR count). The first-order valence-corrected chi connectivity index (χ1v) is 8.81. The van der Waals surface area contributed by atoms with Gasteiger partial charge < -0.3 is 0 Å². The second-order valence-electron chi connectivity index (χ2n) is 7.29. The average Bonchev–Trinajstić information content (AvgIpc) is 2.84. The maximum Gasteiger partial charge on any atom is 0.271 e. The van der Waals surface area contributed by atoms with Gasteiger partial charge in [-0.25, -0.2) is 0 Å². The Morgan fingerprint density at radius 2 is 1.90 bits per heavy atom. The van der Waals surface area contributed by atoms with E-state index in [4.69, 9.17) is 4.18 Å². The van der Waals surface area contributed by atoms with E-state index >= 15 is 0 Å². The maximum atomic E-state index is 12.6. The van der Waals surface area contributed by atoms with Gasteiger partial charge in [0.05, 0.1) is 11.7 Å². The number of rotatable bonds is 3. The molecular formula is C14H21NO5S. The third-order valence-corrected chi connectivity index (χ3v) is 8.15. The first-order chi connectivity index (χ1) is 9.58. The summed E-state index contributed by atoms with van der Waals surface area (Å²) in [6.45, 7) is 6.24. The highest BCUT2D eigenvalue weighted by atomic mass is 32.2. The minimum Gasteiger partial charge on any atom is -0.294 e. The van der Waals surface area contributed by atoms with Gasteiger partial charge in [-0.3, -0.25) is 19.1 Å². The van der Waals surface area contributed by atoms with E-state index in [2.05, 4.69) is 19.2 Å². The third-order valence-electron chi connectivity index (χ3n) is 6.24. The van der Waals surface area contributed by atoms with Crippen molar-refractivity contribution in [1.82, 2.24) is 5.32 Å². The first kappa shape index (κ1) is 15.0. The van der Waals surface area contributed by atoms with Gasteiger partial charge in [-0.1, -0.05) is 20.8 Å². The molecule has 2 saturated carbocycles. The quantitative estimate of drug-likeness (QED) is 0.619. The lowest BCUT2D eigenvalue weighted by Crippen LogP contribution is -2.42. The molecule has 4 unspecified atom stereocenters. The van der Waals surface area contributed by atoms with Crippen molar-refractivity contribution in [2.24, 2.45) is 16.7 Å². The number of carbonyl (C=O) groups is 2. The van der Waals surface area contributed by atoms with E-state index in [9.17, 15) is 18.0 Å². The van der Waals surface area contributed by atoms with E-state index in [0.717, 1.165) is 12.8 Å². The Morgan fingerprint density at radius 3 is 2.33 bits per heavy atom. The number of carbonyl (C=O) groups excluding carboxylic acids is 2. The molecule has 2 bridgehead atoms. The van der Waals surface area contributed by atoms with Gasteiger partial charge in [0.2, 0.25) is 5.91 Å². The standard InChI is InChI=1S/C14H21NO5S/c1-13(2)8-4-5-14(13,3)10(6-8)21(18,19)20-9-7-11(16)15-12(9)17/h8-10H,4-7H2,1-3H3,(H,15,16,17). The average molecular weight is 315 g/mol. The monoisotopic (exact) mass is 315 g/mol. The van der Waals surface area contributed by atoms with Crippen LogP contribution in [0.3, 0.4) is 0 Å². The molecule has 2 aliphatic carbocycles. The van der Waals surface area contributed by atoms with Crippen LogP contribution in [0, 0.1) is 16.7 Å². The SMILES string of the molecule is CC1(C)C2CCC1(C)C(S(=O)(=O)OC1CC(=O)NC1=O)C2. The van der Waals surface area contributed by atoms with Crippen LogP contribution < -0.4 is 5.32 Å². The van der Waals surface area contributed by atoms with Crippen molar-refractivity contribution < 1.29 is 22.2 Å². The fraction of sp³-hybridized carbons (Fsp3) is 0.857. The number of hydrogen-bond donors (Lipinski definition) is 1. The molecule has 4 atom stereocenters. The topological polar surface area (TPSA) is 89.5 Å². The highest BCUT2D eigenvalue weighted by molar-refractivity contribution is 7.87. The minimum atomic E-state index is -3.87. The summed E-state index contributed by atoms with van der Waals surface area (Å²) in [7, 11) is -3.87. The van der Waals surface area contributed by atoms with E-state index in [1.807, 2.05) is 6.92 Å². The summed E-state index contributed by atoms with van der Waals surface area (Å²) in [5.74, 6) is -0.777. The summed E-state index contributed by atoms with van der Waals surface area (Å²) in [5, 5.41) is 1.48.